The molecule has 0 spiro atoms. The van der Waals surface area contributed by atoms with Crippen molar-refractivity contribution in [2.75, 3.05) is 13.1 Å². The molecular weight excluding hydrogens is 250 g/mol. The number of carbonyl (C=O) groups is 1. The van der Waals surface area contributed by atoms with Crippen LogP contribution in [-0.2, 0) is 4.79 Å². The van der Waals surface area contributed by atoms with Gasteiger partial charge in [0.1, 0.15) is 0 Å². The fraction of sp³-hybridized carbons (Fsp3) is 0.941. The lowest BCUT2D eigenvalue weighted by Crippen LogP contribution is -2.54. The lowest BCUT2D eigenvalue weighted by Gasteiger charge is -2.48. The Kier molecular flexibility index (Phi) is 5.11. The van der Waals surface area contributed by atoms with Crippen LogP contribution in [0.15, 0.2) is 0 Å². The van der Waals surface area contributed by atoms with Gasteiger partial charge in [-0.15, -0.1) is 0 Å². The Labute approximate surface area is 123 Å². The smallest absolute Gasteiger partial charge is 0.310 e. The van der Waals surface area contributed by atoms with E-state index in [2.05, 4.69) is 25.7 Å². The topological polar surface area (TPSA) is 40.5 Å². The van der Waals surface area contributed by atoms with Gasteiger partial charge < -0.3 is 5.11 Å². The van der Waals surface area contributed by atoms with Gasteiger partial charge in [-0.25, -0.2) is 0 Å². The van der Waals surface area contributed by atoms with Gasteiger partial charge in [0.05, 0.1) is 5.41 Å². The average molecular weight is 281 g/mol. The Morgan fingerprint density at radius 2 is 2.05 bits per heavy atom. The summed E-state index contributed by atoms with van der Waals surface area (Å²) in [6.45, 7) is 8.70. The van der Waals surface area contributed by atoms with E-state index in [1.165, 1.54) is 19.3 Å². The van der Waals surface area contributed by atoms with Crippen LogP contribution in [0.4, 0.5) is 0 Å². The summed E-state index contributed by atoms with van der Waals surface area (Å²) < 4.78 is 0. The summed E-state index contributed by atoms with van der Waals surface area (Å²) in [4.78, 5) is 14.3. The summed E-state index contributed by atoms with van der Waals surface area (Å²) in [7, 11) is 0. The second kappa shape index (κ2) is 6.46. The summed E-state index contributed by atoms with van der Waals surface area (Å²) in [5, 5.41) is 9.73. The third kappa shape index (κ3) is 3.03. The SMILES string of the molecule is CCCC1(C(=O)O)CCCN(C2CCCC(C)C2C)C1. The highest BCUT2D eigenvalue weighted by Gasteiger charge is 2.44. The Morgan fingerprint density at radius 1 is 1.30 bits per heavy atom. The molecule has 2 rings (SSSR count). The monoisotopic (exact) mass is 281 g/mol. The quantitative estimate of drug-likeness (QED) is 0.852. The van der Waals surface area contributed by atoms with Gasteiger partial charge >= 0.3 is 5.97 Å². The zero-order chi connectivity index (χ0) is 14.8. The van der Waals surface area contributed by atoms with Crippen LogP contribution in [0.1, 0.15) is 65.7 Å². The summed E-state index contributed by atoms with van der Waals surface area (Å²) in [5.74, 6) is 0.914. The molecule has 20 heavy (non-hydrogen) atoms. The fourth-order valence-electron chi connectivity index (χ4n) is 4.48. The Hall–Kier alpha value is -0.570. The molecule has 1 aliphatic heterocycles. The molecule has 1 saturated carbocycles. The summed E-state index contributed by atoms with van der Waals surface area (Å²) >= 11 is 0. The first kappa shape index (κ1) is 15.8. The second-order valence-corrected chi connectivity index (χ2v) is 7.24. The van der Waals surface area contributed by atoms with Crippen molar-refractivity contribution in [2.24, 2.45) is 17.3 Å². The first-order valence-electron chi connectivity index (χ1n) is 8.47. The number of carboxylic acids is 1. The zero-order valence-electron chi connectivity index (χ0n) is 13.4. The van der Waals surface area contributed by atoms with Crippen LogP contribution in [0.2, 0.25) is 0 Å². The van der Waals surface area contributed by atoms with E-state index in [0.717, 1.165) is 44.7 Å². The van der Waals surface area contributed by atoms with Crippen molar-refractivity contribution in [3.05, 3.63) is 0 Å². The highest BCUT2D eigenvalue weighted by Crippen LogP contribution is 2.40. The molecule has 0 bridgehead atoms. The molecule has 1 N–H and O–H groups in total. The van der Waals surface area contributed by atoms with E-state index in [1.807, 2.05) is 0 Å². The van der Waals surface area contributed by atoms with Crippen LogP contribution in [-0.4, -0.2) is 35.1 Å². The first-order chi connectivity index (χ1) is 9.50. The summed E-state index contributed by atoms with van der Waals surface area (Å²) in [5.41, 5.74) is -0.479. The molecule has 1 heterocycles. The number of aliphatic carboxylic acids is 1. The van der Waals surface area contributed by atoms with Gasteiger partial charge in [-0.05, 0) is 44.1 Å². The van der Waals surface area contributed by atoms with Crippen molar-refractivity contribution in [1.29, 1.82) is 0 Å². The molecule has 0 radical (unpaired) electrons. The molecule has 3 heteroatoms. The van der Waals surface area contributed by atoms with Gasteiger partial charge in [0.2, 0.25) is 0 Å². The van der Waals surface area contributed by atoms with E-state index in [0.29, 0.717) is 12.0 Å². The zero-order valence-corrected chi connectivity index (χ0v) is 13.4. The van der Waals surface area contributed by atoms with Gasteiger partial charge in [0.25, 0.3) is 0 Å². The standard InChI is InChI=1S/C17H31NO2/c1-4-9-17(16(19)20)10-6-11-18(12-17)15-8-5-7-13(2)14(15)3/h13-15H,4-12H2,1-3H3,(H,19,20). The number of rotatable bonds is 4. The van der Waals surface area contributed by atoms with Gasteiger partial charge in [0.15, 0.2) is 0 Å². The molecule has 4 unspecified atom stereocenters. The van der Waals surface area contributed by atoms with E-state index >= 15 is 0 Å². The van der Waals surface area contributed by atoms with E-state index in [9.17, 15) is 9.90 Å². The molecule has 2 fully saturated rings. The van der Waals surface area contributed by atoms with Crippen LogP contribution in [0, 0.1) is 17.3 Å². The van der Waals surface area contributed by atoms with E-state index in [-0.39, 0.29) is 0 Å². The summed E-state index contributed by atoms with van der Waals surface area (Å²) in [6, 6.07) is 0.606. The number of nitrogens with zero attached hydrogens (tertiary/aromatic N) is 1. The maximum absolute atomic E-state index is 11.8. The van der Waals surface area contributed by atoms with Crippen LogP contribution in [0.3, 0.4) is 0 Å². The summed E-state index contributed by atoms with van der Waals surface area (Å²) in [6.07, 6.45) is 7.61. The van der Waals surface area contributed by atoms with E-state index in [1.54, 1.807) is 0 Å². The maximum atomic E-state index is 11.8. The molecule has 3 nitrogen and oxygen atoms in total. The normalized spacial score (nSPS) is 39.6. The Bertz CT molecular complexity index is 340. The lowest BCUT2D eigenvalue weighted by molar-refractivity contribution is -0.154. The van der Waals surface area contributed by atoms with Gasteiger partial charge in [-0.2, -0.15) is 0 Å². The van der Waals surface area contributed by atoms with Crippen molar-refractivity contribution in [3.63, 3.8) is 0 Å². The molecular formula is C17H31NO2. The number of hydrogen-bond donors (Lipinski definition) is 1. The van der Waals surface area contributed by atoms with Crippen molar-refractivity contribution >= 4 is 5.97 Å². The molecule has 116 valence electrons. The maximum Gasteiger partial charge on any atom is 0.310 e. The number of carboxylic acid groups (broad SMARTS) is 1. The van der Waals surface area contributed by atoms with E-state index < -0.39 is 11.4 Å². The van der Waals surface area contributed by atoms with Crippen LogP contribution >= 0.6 is 0 Å². The first-order valence-corrected chi connectivity index (χ1v) is 8.47. The molecule has 2 aliphatic rings. The Balaban J connectivity index is 2.10. The van der Waals surface area contributed by atoms with Gasteiger partial charge in [-0.3, -0.25) is 9.69 Å². The molecule has 0 aromatic heterocycles. The largest absolute Gasteiger partial charge is 0.481 e. The van der Waals surface area contributed by atoms with Crippen molar-refractivity contribution in [2.45, 2.75) is 71.8 Å². The number of likely N-dealkylation sites (tertiary alicyclic amines) is 1. The minimum atomic E-state index is -0.569. The number of piperidine rings is 1. The van der Waals surface area contributed by atoms with Crippen LogP contribution < -0.4 is 0 Å². The molecule has 4 atom stereocenters. The minimum Gasteiger partial charge on any atom is -0.481 e. The molecule has 0 aromatic carbocycles. The van der Waals surface area contributed by atoms with Gasteiger partial charge in [0, 0.05) is 12.6 Å². The highest BCUT2D eigenvalue weighted by atomic mass is 16.4. The van der Waals surface area contributed by atoms with Crippen molar-refractivity contribution < 1.29 is 9.90 Å². The van der Waals surface area contributed by atoms with Crippen LogP contribution in [0.25, 0.3) is 0 Å². The van der Waals surface area contributed by atoms with Gasteiger partial charge in [-0.1, -0.05) is 40.0 Å². The third-order valence-electron chi connectivity index (χ3n) is 5.92. The van der Waals surface area contributed by atoms with E-state index in [4.69, 9.17) is 0 Å². The number of hydrogen-bond acceptors (Lipinski definition) is 2. The van der Waals surface area contributed by atoms with Crippen molar-refractivity contribution in [3.8, 4) is 0 Å². The predicted octanol–water partition coefficient (Wildman–Crippen LogP) is 3.78. The highest BCUT2D eigenvalue weighted by molar-refractivity contribution is 5.75. The van der Waals surface area contributed by atoms with Crippen molar-refractivity contribution in [1.82, 2.24) is 4.90 Å². The molecule has 1 aliphatic carbocycles. The minimum absolute atomic E-state index is 0.479. The molecule has 0 amide bonds. The van der Waals surface area contributed by atoms with Crippen LogP contribution in [0.5, 0.6) is 0 Å². The second-order valence-electron chi connectivity index (χ2n) is 7.24. The molecule has 1 saturated heterocycles. The predicted molar refractivity (Wildman–Crippen MR) is 81.8 cm³/mol. The fourth-order valence-corrected chi connectivity index (χ4v) is 4.48. The Morgan fingerprint density at radius 3 is 2.70 bits per heavy atom. The average Bonchev–Trinajstić information content (AvgIpc) is 2.42. The lowest BCUT2D eigenvalue weighted by atomic mass is 9.72. The third-order valence-corrected chi connectivity index (χ3v) is 5.92. The molecule has 0 aromatic rings.